The normalized spacial score (nSPS) is 27.2. The van der Waals surface area contributed by atoms with Crippen LogP contribution in [0.4, 0.5) is 0 Å². The second kappa shape index (κ2) is 6.19. The summed E-state index contributed by atoms with van der Waals surface area (Å²) in [6.07, 6.45) is 7.98. The van der Waals surface area contributed by atoms with E-state index in [1.807, 2.05) is 0 Å². The minimum Gasteiger partial charge on any atom is -0.376 e. The lowest BCUT2D eigenvalue weighted by molar-refractivity contribution is -0.130. The maximum absolute atomic E-state index is 12.2. The van der Waals surface area contributed by atoms with Crippen LogP contribution >= 0.6 is 0 Å². The summed E-state index contributed by atoms with van der Waals surface area (Å²) in [4.78, 5) is 12.2. The van der Waals surface area contributed by atoms with Gasteiger partial charge >= 0.3 is 0 Å². The molecule has 1 amide bonds. The molecule has 18 heavy (non-hydrogen) atoms. The predicted octanol–water partition coefficient (Wildman–Crippen LogP) is 2.15. The van der Waals surface area contributed by atoms with Crippen molar-refractivity contribution >= 4 is 5.91 Å². The van der Waals surface area contributed by atoms with E-state index in [2.05, 4.69) is 11.4 Å². The molecule has 1 aliphatic heterocycles. The quantitative estimate of drug-likeness (QED) is 0.834. The predicted molar refractivity (Wildman–Crippen MR) is 67.7 cm³/mol. The summed E-state index contributed by atoms with van der Waals surface area (Å²) < 4.78 is 5.58. The van der Waals surface area contributed by atoms with Crippen LogP contribution in [0.3, 0.4) is 0 Å². The van der Waals surface area contributed by atoms with E-state index in [0.717, 1.165) is 38.7 Å². The maximum atomic E-state index is 12.2. The van der Waals surface area contributed by atoms with Gasteiger partial charge in [0.2, 0.25) is 5.91 Å². The Morgan fingerprint density at radius 1 is 1.28 bits per heavy atom. The number of rotatable bonds is 3. The van der Waals surface area contributed by atoms with Crippen LogP contribution in [0.2, 0.25) is 0 Å². The van der Waals surface area contributed by atoms with Gasteiger partial charge in [0.25, 0.3) is 0 Å². The first kappa shape index (κ1) is 13.4. The van der Waals surface area contributed by atoms with Crippen molar-refractivity contribution in [1.82, 2.24) is 5.32 Å². The second-order valence-electron chi connectivity index (χ2n) is 5.45. The number of hydrogen-bond acceptors (Lipinski definition) is 3. The minimum absolute atomic E-state index is 0.0844. The van der Waals surface area contributed by atoms with Crippen molar-refractivity contribution in [2.24, 2.45) is 5.41 Å². The van der Waals surface area contributed by atoms with Crippen molar-refractivity contribution in [2.45, 2.75) is 57.5 Å². The molecule has 1 unspecified atom stereocenters. The highest BCUT2D eigenvalue weighted by molar-refractivity contribution is 5.85. The molecule has 4 heteroatoms. The van der Waals surface area contributed by atoms with Gasteiger partial charge in [-0.2, -0.15) is 5.26 Å². The molecule has 2 aliphatic rings. The smallest absolute Gasteiger partial charge is 0.240 e. The van der Waals surface area contributed by atoms with E-state index in [-0.39, 0.29) is 12.0 Å². The molecule has 0 aromatic heterocycles. The summed E-state index contributed by atoms with van der Waals surface area (Å²) in [6.45, 7) is 1.35. The molecule has 0 bridgehead atoms. The number of nitrogens with one attached hydrogen (secondary N) is 1. The molecule has 0 aromatic carbocycles. The first-order valence-electron chi connectivity index (χ1n) is 7.08. The Morgan fingerprint density at radius 2 is 2.06 bits per heavy atom. The van der Waals surface area contributed by atoms with Crippen molar-refractivity contribution in [3.63, 3.8) is 0 Å². The Kier molecular flexibility index (Phi) is 4.60. The molecule has 1 atom stereocenters. The van der Waals surface area contributed by atoms with Crippen molar-refractivity contribution in [3.8, 4) is 6.07 Å². The number of carbonyl (C=O) groups excluding carboxylic acids is 1. The van der Waals surface area contributed by atoms with Crippen molar-refractivity contribution < 1.29 is 9.53 Å². The molecule has 1 N–H and O–H groups in total. The third-order valence-corrected chi connectivity index (χ3v) is 4.12. The van der Waals surface area contributed by atoms with E-state index in [1.54, 1.807) is 0 Å². The molecule has 2 rings (SSSR count). The fourth-order valence-corrected chi connectivity index (χ4v) is 2.89. The first-order chi connectivity index (χ1) is 8.77. The van der Waals surface area contributed by atoms with Crippen LogP contribution in [-0.2, 0) is 9.53 Å². The van der Waals surface area contributed by atoms with Gasteiger partial charge in [-0.25, -0.2) is 0 Å². The Bertz CT molecular complexity index is 323. The first-order valence-corrected chi connectivity index (χ1v) is 7.08. The van der Waals surface area contributed by atoms with Gasteiger partial charge in [-0.3, -0.25) is 4.79 Å². The fraction of sp³-hybridized carbons (Fsp3) is 0.857. The standard InChI is InChI=1S/C14H22N2O2/c15-11-14(7-3-1-4-8-14)13(17)16-10-12-6-2-5-9-18-12/h12H,1-10H2,(H,16,17). The lowest BCUT2D eigenvalue weighted by Gasteiger charge is -2.30. The van der Waals surface area contributed by atoms with Gasteiger partial charge in [-0.15, -0.1) is 0 Å². The third kappa shape index (κ3) is 3.02. The number of carbonyl (C=O) groups is 1. The van der Waals surface area contributed by atoms with Crippen molar-refractivity contribution in [1.29, 1.82) is 5.26 Å². The van der Waals surface area contributed by atoms with Gasteiger partial charge in [0.1, 0.15) is 5.41 Å². The molecule has 2 fully saturated rings. The summed E-state index contributed by atoms with van der Waals surface area (Å²) in [5.41, 5.74) is -0.771. The van der Waals surface area contributed by atoms with E-state index >= 15 is 0 Å². The summed E-state index contributed by atoms with van der Waals surface area (Å²) >= 11 is 0. The molecule has 0 radical (unpaired) electrons. The van der Waals surface area contributed by atoms with Gasteiger partial charge in [-0.1, -0.05) is 19.3 Å². The third-order valence-electron chi connectivity index (χ3n) is 4.12. The highest BCUT2D eigenvalue weighted by Crippen LogP contribution is 2.35. The van der Waals surface area contributed by atoms with Crippen LogP contribution < -0.4 is 5.32 Å². The topological polar surface area (TPSA) is 62.1 Å². The summed E-state index contributed by atoms with van der Waals surface area (Å²) in [6, 6.07) is 2.25. The average molecular weight is 250 g/mol. The van der Waals surface area contributed by atoms with Gasteiger partial charge in [0, 0.05) is 13.2 Å². The molecule has 0 aromatic rings. The number of ether oxygens (including phenoxy) is 1. The number of nitrogens with zero attached hydrogens (tertiary/aromatic N) is 1. The zero-order valence-electron chi connectivity index (χ0n) is 10.9. The van der Waals surface area contributed by atoms with Crippen LogP contribution in [0.1, 0.15) is 51.4 Å². The minimum atomic E-state index is -0.771. The fourth-order valence-electron chi connectivity index (χ4n) is 2.89. The van der Waals surface area contributed by atoms with Crippen LogP contribution in [-0.4, -0.2) is 25.2 Å². The highest BCUT2D eigenvalue weighted by atomic mass is 16.5. The monoisotopic (exact) mass is 250 g/mol. The van der Waals surface area contributed by atoms with E-state index in [1.165, 1.54) is 6.42 Å². The summed E-state index contributed by atoms with van der Waals surface area (Å²) in [7, 11) is 0. The van der Waals surface area contributed by atoms with E-state index in [9.17, 15) is 10.1 Å². The van der Waals surface area contributed by atoms with Crippen molar-refractivity contribution in [3.05, 3.63) is 0 Å². The average Bonchev–Trinajstić information content (AvgIpc) is 2.46. The molecule has 1 heterocycles. The lowest BCUT2D eigenvalue weighted by Crippen LogP contribution is -2.45. The second-order valence-corrected chi connectivity index (χ2v) is 5.45. The molecule has 100 valence electrons. The molecular formula is C14H22N2O2. The number of amides is 1. The largest absolute Gasteiger partial charge is 0.376 e. The van der Waals surface area contributed by atoms with E-state index in [0.29, 0.717) is 19.4 Å². The Labute approximate surface area is 109 Å². The van der Waals surface area contributed by atoms with Gasteiger partial charge < -0.3 is 10.1 Å². The van der Waals surface area contributed by atoms with Gasteiger partial charge in [0.05, 0.1) is 12.2 Å². The molecule has 1 saturated heterocycles. The van der Waals surface area contributed by atoms with Crippen LogP contribution in [0.15, 0.2) is 0 Å². The Morgan fingerprint density at radius 3 is 2.67 bits per heavy atom. The van der Waals surface area contributed by atoms with Gasteiger partial charge in [-0.05, 0) is 32.1 Å². The lowest BCUT2D eigenvalue weighted by atomic mass is 9.74. The Balaban J connectivity index is 1.84. The molecule has 4 nitrogen and oxygen atoms in total. The van der Waals surface area contributed by atoms with Crippen LogP contribution in [0.5, 0.6) is 0 Å². The van der Waals surface area contributed by atoms with E-state index < -0.39 is 5.41 Å². The zero-order chi connectivity index (χ0) is 12.8. The van der Waals surface area contributed by atoms with E-state index in [4.69, 9.17) is 4.74 Å². The van der Waals surface area contributed by atoms with Gasteiger partial charge in [0.15, 0.2) is 0 Å². The molecular weight excluding hydrogens is 228 g/mol. The summed E-state index contributed by atoms with van der Waals surface area (Å²) in [5, 5.41) is 12.2. The van der Waals surface area contributed by atoms with Crippen LogP contribution in [0, 0.1) is 16.7 Å². The zero-order valence-corrected chi connectivity index (χ0v) is 10.9. The number of hydrogen-bond donors (Lipinski definition) is 1. The SMILES string of the molecule is N#CC1(C(=O)NCC2CCCCO2)CCCCC1. The molecule has 1 saturated carbocycles. The molecule has 1 aliphatic carbocycles. The highest BCUT2D eigenvalue weighted by Gasteiger charge is 2.39. The van der Waals surface area contributed by atoms with Crippen LogP contribution in [0.25, 0.3) is 0 Å². The maximum Gasteiger partial charge on any atom is 0.240 e. The summed E-state index contributed by atoms with van der Waals surface area (Å²) in [5.74, 6) is -0.0844. The number of nitriles is 1. The van der Waals surface area contributed by atoms with Crippen molar-refractivity contribution in [2.75, 3.05) is 13.2 Å². The Hall–Kier alpha value is -1.08. The molecule has 0 spiro atoms.